The van der Waals surface area contributed by atoms with Gasteiger partial charge in [0, 0.05) is 19.7 Å². The van der Waals surface area contributed by atoms with E-state index in [1.54, 1.807) is 0 Å². The number of carboxylic acids is 1. The van der Waals surface area contributed by atoms with Crippen LogP contribution in [0.5, 0.6) is 0 Å². The summed E-state index contributed by atoms with van der Waals surface area (Å²) in [5, 5.41) is 14.6. The van der Waals surface area contributed by atoms with E-state index in [0.717, 1.165) is 32.1 Å². The van der Waals surface area contributed by atoms with Gasteiger partial charge >= 0.3 is 12.0 Å². The van der Waals surface area contributed by atoms with Crippen LogP contribution in [-0.4, -0.2) is 43.4 Å². The molecule has 6 heteroatoms. The van der Waals surface area contributed by atoms with Crippen molar-refractivity contribution >= 4 is 12.0 Å². The number of rotatable bonds is 8. The average Bonchev–Trinajstić information content (AvgIpc) is 2.42. The fourth-order valence-electron chi connectivity index (χ4n) is 2.75. The molecular weight excluding hydrogens is 260 g/mol. The van der Waals surface area contributed by atoms with Crippen LogP contribution < -0.4 is 10.6 Å². The molecular formula is C14H26N2O4. The minimum atomic E-state index is -0.787. The first-order valence-electron chi connectivity index (χ1n) is 7.39. The highest BCUT2D eigenvalue weighted by atomic mass is 16.5. The number of nitrogens with one attached hydrogen (secondary N) is 2. The maximum atomic E-state index is 11.7. The number of ether oxygens (including phenoxy) is 1. The lowest BCUT2D eigenvalue weighted by atomic mass is 9.72. The Bertz CT molecular complexity index is 314. The van der Waals surface area contributed by atoms with Crippen LogP contribution in [0.25, 0.3) is 0 Å². The van der Waals surface area contributed by atoms with Crippen molar-refractivity contribution in [2.24, 2.45) is 5.41 Å². The van der Waals surface area contributed by atoms with Crippen molar-refractivity contribution in [1.82, 2.24) is 10.6 Å². The molecule has 1 aliphatic rings. The number of carboxylic acid groups (broad SMARTS) is 1. The van der Waals surface area contributed by atoms with Crippen molar-refractivity contribution < 1.29 is 19.4 Å². The van der Waals surface area contributed by atoms with E-state index < -0.39 is 5.97 Å². The van der Waals surface area contributed by atoms with Gasteiger partial charge in [0.05, 0.1) is 13.0 Å². The van der Waals surface area contributed by atoms with Crippen molar-refractivity contribution in [1.29, 1.82) is 0 Å². The van der Waals surface area contributed by atoms with E-state index in [1.807, 2.05) is 6.92 Å². The van der Waals surface area contributed by atoms with Gasteiger partial charge in [0.15, 0.2) is 0 Å². The third-order valence-electron chi connectivity index (χ3n) is 3.80. The lowest BCUT2D eigenvalue weighted by Crippen LogP contribution is -2.45. The predicted octanol–water partition coefficient (Wildman–Crippen LogP) is 1.75. The fourth-order valence-corrected chi connectivity index (χ4v) is 2.75. The van der Waals surface area contributed by atoms with Gasteiger partial charge in [-0.15, -0.1) is 0 Å². The summed E-state index contributed by atoms with van der Waals surface area (Å²) in [7, 11) is 0. The zero-order chi connectivity index (χ0) is 14.8. The Balaban J connectivity index is 2.34. The first-order chi connectivity index (χ1) is 9.58. The smallest absolute Gasteiger partial charge is 0.314 e. The lowest BCUT2D eigenvalue weighted by molar-refractivity contribution is -0.140. The van der Waals surface area contributed by atoms with Crippen LogP contribution in [0.1, 0.15) is 45.4 Å². The summed E-state index contributed by atoms with van der Waals surface area (Å²) in [4.78, 5) is 22.7. The Morgan fingerprint density at radius 1 is 1.20 bits per heavy atom. The molecule has 0 aliphatic heterocycles. The molecule has 1 aliphatic carbocycles. The molecule has 0 spiro atoms. The fraction of sp³-hybridized carbons (Fsp3) is 0.857. The van der Waals surface area contributed by atoms with Crippen molar-refractivity contribution in [3.8, 4) is 0 Å². The van der Waals surface area contributed by atoms with E-state index in [4.69, 9.17) is 9.84 Å². The highest BCUT2D eigenvalue weighted by Gasteiger charge is 2.34. The third kappa shape index (κ3) is 6.23. The second kappa shape index (κ2) is 8.79. The SMILES string of the molecule is CCOCCNC(=O)NCC1(CC(=O)O)CCCCC1. The normalized spacial score (nSPS) is 17.4. The predicted molar refractivity (Wildman–Crippen MR) is 75.7 cm³/mol. The summed E-state index contributed by atoms with van der Waals surface area (Å²) in [6.07, 6.45) is 5.12. The molecule has 1 rings (SSSR count). The summed E-state index contributed by atoms with van der Waals surface area (Å²) in [5.74, 6) is -0.787. The Morgan fingerprint density at radius 3 is 2.50 bits per heavy atom. The molecule has 116 valence electrons. The maximum absolute atomic E-state index is 11.7. The summed E-state index contributed by atoms with van der Waals surface area (Å²) in [6, 6.07) is -0.250. The molecule has 2 amide bonds. The van der Waals surface area contributed by atoms with E-state index in [9.17, 15) is 9.59 Å². The van der Waals surface area contributed by atoms with Crippen molar-refractivity contribution in [2.75, 3.05) is 26.3 Å². The molecule has 0 aromatic heterocycles. The Labute approximate surface area is 120 Å². The number of amides is 2. The van der Waals surface area contributed by atoms with Crippen LogP contribution in [0, 0.1) is 5.41 Å². The maximum Gasteiger partial charge on any atom is 0.314 e. The molecule has 1 saturated carbocycles. The van der Waals surface area contributed by atoms with Gasteiger partial charge in [-0.1, -0.05) is 19.3 Å². The molecule has 3 N–H and O–H groups in total. The van der Waals surface area contributed by atoms with Crippen LogP contribution in [0.2, 0.25) is 0 Å². The van der Waals surface area contributed by atoms with Crippen molar-refractivity contribution in [3.63, 3.8) is 0 Å². The van der Waals surface area contributed by atoms with Gasteiger partial charge in [-0.25, -0.2) is 4.79 Å². The van der Waals surface area contributed by atoms with Crippen molar-refractivity contribution in [2.45, 2.75) is 45.4 Å². The van der Waals surface area contributed by atoms with Crippen LogP contribution in [0.4, 0.5) is 4.79 Å². The monoisotopic (exact) mass is 286 g/mol. The zero-order valence-corrected chi connectivity index (χ0v) is 12.2. The topological polar surface area (TPSA) is 87.7 Å². The Hall–Kier alpha value is -1.30. The number of hydrogen-bond donors (Lipinski definition) is 3. The van der Waals surface area contributed by atoms with Gasteiger partial charge in [-0.3, -0.25) is 4.79 Å². The van der Waals surface area contributed by atoms with E-state index in [-0.39, 0.29) is 17.9 Å². The van der Waals surface area contributed by atoms with E-state index in [0.29, 0.717) is 26.3 Å². The number of carbonyl (C=O) groups excluding carboxylic acids is 1. The molecule has 20 heavy (non-hydrogen) atoms. The standard InChI is InChI=1S/C14H26N2O4/c1-2-20-9-8-15-13(19)16-11-14(10-12(17)18)6-4-3-5-7-14/h2-11H2,1H3,(H,17,18)(H2,15,16,19). The quantitative estimate of drug-likeness (QED) is 0.593. The van der Waals surface area contributed by atoms with Crippen molar-refractivity contribution in [3.05, 3.63) is 0 Å². The van der Waals surface area contributed by atoms with E-state index in [1.165, 1.54) is 0 Å². The number of urea groups is 1. The molecule has 0 radical (unpaired) electrons. The molecule has 0 saturated heterocycles. The van der Waals surface area contributed by atoms with Gasteiger partial charge in [-0.05, 0) is 25.2 Å². The second-order valence-corrected chi connectivity index (χ2v) is 5.44. The van der Waals surface area contributed by atoms with E-state index in [2.05, 4.69) is 10.6 Å². The minimum Gasteiger partial charge on any atom is -0.481 e. The Morgan fingerprint density at radius 2 is 1.90 bits per heavy atom. The van der Waals surface area contributed by atoms with Gasteiger partial charge in [0.25, 0.3) is 0 Å². The molecule has 0 bridgehead atoms. The van der Waals surface area contributed by atoms with Gasteiger partial charge in [0.1, 0.15) is 0 Å². The van der Waals surface area contributed by atoms with Crippen LogP contribution in [-0.2, 0) is 9.53 Å². The molecule has 0 heterocycles. The first kappa shape index (κ1) is 16.8. The number of aliphatic carboxylic acids is 1. The van der Waals surface area contributed by atoms with Crippen LogP contribution >= 0.6 is 0 Å². The largest absolute Gasteiger partial charge is 0.481 e. The lowest BCUT2D eigenvalue weighted by Gasteiger charge is -2.36. The summed E-state index contributed by atoms with van der Waals surface area (Å²) in [5.41, 5.74) is -0.276. The molecule has 6 nitrogen and oxygen atoms in total. The second-order valence-electron chi connectivity index (χ2n) is 5.44. The van der Waals surface area contributed by atoms with E-state index >= 15 is 0 Å². The van der Waals surface area contributed by atoms with Gasteiger partial charge < -0.3 is 20.5 Å². The zero-order valence-electron chi connectivity index (χ0n) is 12.2. The first-order valence-corrected chi connectivity index (χ1v) is 7.39. The molecule has 0 aromatic rings. The molecule has 0 unspecified atom stereocenters. The summed E-state index contributed by atoms with van der Waals surface area (Å²) < 4.78 is 5.13. The highest BCUT2D eigenvalue weighted by Crippen LogP contribution is 2.38. The Kier molecular flexibility index (Phi) is 7.36. The molecule has 0 atom stereocenters. The molecule has 0 aromatic carbocycles. The molecule has 1 fully saturated rings. The van der Waals surface area contributed by atoms with Crippen LogP contribution in [0.15, 0.2) is 0 Å². The third-order valence-corrected chi connectivity index (χ3v) is 3.80. The summed E-state index contributed by atoms with van der Waals surface area (Å²) >= 11 is 0. The summed E-state index contributed by atoms with van der Waals surface area (Å²) in [6.45, 7) is 3.92. The minimum absolute atomic E-state index is 0.131. The van der Waals surface area contributed by atoms with Crippen LogP contribution in [0.3, 0.4) is 0 Å². The average molecular weight is 286 g/mol. The van der Waals surface area contributed by atoms with Gasteiger partial charge in [0.2, 0.25) is 0 Å². The number of carbonyl (C=O) groups is 2. The highest BCUT2D eigenvalue weighted by molar-refractivity contribution is 5.74. The van der Waals surface area contributed by atoms with Gasteiger partial charge in [-0.2, -0.15) is 0 Å². The number of hydrogen-bond acceptors (Lipinski definition) is 3.